The van der Waals surface area contributed by atoms with Crippen LogP contribution >= 0.6 is 0 Å². The maximum atomic E-state index is 7.16. The van der Waals surface area contributed by atoms with Crippen molar-refractivity contribution in [1.82, 2.24) is 0 Å². The van der Waals surface area contributed by atoms with Gasteiger partial charge in [0.1, 0.15) is 0 Å². The van der Waals surface area contributed by atoms with Crippen LogP contribution in [0, 0.1) is 35.5 Å². The second kappa shape index (κ2) is 12.1. The maximum Gasteiger partial charge on any atom is 0.0872 e. The van der Waals surface area contributed by atoms with Gasteiger partial charge in [-0.05, 0) is 84.3 Å². The second-order valence-electron chi connectivity index (χ2n) is 13.5. The van der Waals surface area contributed by atoms with E-state index in [1.807, 2.05) is 0 Å². The van der Waals surface area contributed by atoms with Crippen molar-refractivity contribution in [3.05, 3.63) is 42.0 Å². The molecular formula is C33H54OSi. The van der Waals surface area contributed by atoms with E-state index in [-0.39, 0.29) is 5.22 Å². The summed E-state index contributed by atoms with van der Waals surface area (Å²) in [5.74, 6) is 5.12. The van der Waals surface area contributed by atoms with Gasteiger partial charge in [-0.15, -0.1) is 0 Å². The first-order valence-electron chi connectivity index (χ1n) is 15.2. The summed E-state index contributed by atoms with van der Waals surface area (Å²) in [7, 11) is -1.37. The third-order valence-electron chi connectivity index (χ3n) is 10.3. The molecule has 0 spiro atoms. The van der Waals surface area contributed by atoms with Crippen LogP contribution in [0.5, 0.6) is 0 Å². The lowest BCUT2D eigenvalue weighted by molar-refractivity contribution is 0.00351. The molecule has 1 aromatic carbocycles. The fraction of sp³-hybridized carbons (Fsp3) is 0.758. The first-order valence-corrected chi connectivity index (χ1v) is 17.1. The van der Waals surface area contributed by atoms with E-state index >= 15 is 0 Å². The molecule has 196 valence electrons. The number of ether oxygens (including phenoxy) is 1. The summed E-state index contributed by atoms with van der Waals surface area (Å²) in [5, 5.41) is 0.0256. The molecule has 0 N–H and O–H groups in total. The molecule has 7 atom stereocenters. The molecule has 2 saturated carbocycles. The molecule has 0 radical (unpaired) electrons. The van der Waals surface area contributed by atoms with Crippen molar-refractivity contribution in [3.8, 4) is 0 Å². The molecule has 35 heavy (non-hydrogen) atoms. The maximum absolute atomic E-state index is 7.16. The molecule has 3 aliphatic rings. The van der Waals surface area contributed by atoms with Crippen molar-refractivity contribution in [2.75, 3.05) is 6.61 Å². The molecule has 0 aromatic heterocycles. The highest BCUT2D eigenvalue weighted by Gasteiger charge is 2.54. The molecule has 1 aromatic rings. The monoisotopic (exact) mass is 494 g/mol. The Morgan fingerprint density at radius 2 is 1.40 bits per heavy atom. The molecule has 2 heteroatoms. The molecule has 2 aliphatic carbocycles. The highest BCUT2D eigenvalue weighted by molar-refractivity contribution is 6.66. The summed E-state index contributed by atoms with van der Waals surface area (Å²) >= 11 is 0. The van der Waals surface area contributed by atoms with Gasteiger partial charge in [0.2, 0.25) is 0 Å². The van der Waals surface area contributed by atoms with Gasteiger partial charge in [0, 0.05) is 6.61 Å². The minimum Gasteiger partial charge on any atom is -0.375 e. The van der Waals surface area contributed by atoms with E-state index in [1.54, 1.807) is 0 Å². The Morgan fingerprint density at radius 3 is 1.89 bits per heavy atom. The first-order chi connectivity index (χ1) is 16.8. The molecule has 1 saturated heterocycles. The first kappa shape index (κ1) is 27.2. The Bertz CT molecular complexity index is 761. The second-order valence-corrected chi connectivity index (χ2v) is 17.3. The van der Waals surface area contributed by atoms with Crippen molar-refractivity contribution in [1.29, 1.82) is 0 Å². The van der Waals surface area contributed by atoms with Crippen molar-refractivity contribution in [2.45, 2.75) is 116 Å². The largest absolute Gasteiger partial charge is 0.375 e. The van der Waals surface area contributed by atoms with E-state index in [1.165, 1.54) is 63.4 Å². The zero-order valence-electron chi connectivity index (χ0n) is 23.7. The standard InChI is InChI=1S/C33H54OSi/c1-24(2)29-16-14-26(5)22-31(29)35(32-23-27(6)15-17-30(32)25(3)4)33(19-10-11-21-34-33)20-18-28-12-8-7-9-13-28/h7-9,12-13,18,20,24-27,29-32,35H,10-11,14-17,19,21-23H2,1-6H3. The molecule has 1 aliphatic heterocycles. The zero-order chi connectivity index (χ0) is 25.0. The van der Waals surface area contributed by atoms with Crippen LogP contribution in [-0.2, 0) is 4.74 Å². The minimum atomic E-state index is -1.37. The summed E-state index contributed by atoms with van der Waals surface area (Å²) in [5.41, 5.74) is 3.16. The molecule has 3 fully saturated rings. The predicted molar refractivity (Wildman–Crippen MR) is 155 cm³/mol. The van der Waals surface area contributed by atoms with Gasteiger partial charge in [-0.1, -0.05) is 110 Å². The van der Waals surface area contributed by atoms with E-state index < -0.39 is 8.80 Å². The minimum absolute atomic E-state index is 0.0256. The van der Waals surface area contributed by atoms with Gasteiger partial charge in [-0.2, -0.15) is 0 Å². The lowest BCUT2D eigenvalue weighted by Gasteiger charge is -2.55. The van der Waals surface area contributed by atoms with Crippen LogP contribution in [0.2, 0.25) is 11.1 Å². The predicted octanol–water partition coefficient (Wildman–Crippen LogP) is 9.33. The topological polar surface area (TPSA) is 9.23 Å². The SMILES string of the molecule is CC1CCC(C(C)C)C([SiH](C2CC(C)CCC2C(C)C)C2(C=Cc3ccccc3)CCCCO2)C1. The molecule has 0 bridgehead atoms. The third-order valence-corrected chi connectivity index (χ3v) is 15.5. The average Bonchev–Trinajstić information content (AvgIpc) is 2.84. The molecule has 7 unspecified atom stereocenters. The number of benzene rings is 1. The normalized spacial score (nSPS) is 37.7. The summed E-state index contributed by atoms with van der Waals surface area (Å²) in [6.45, 7) is 16.2. The van der Waals surface area contributed by atoms with Crippen molar-refractivity contribution >= 4 is 14.9 Å². The molecule has 0 amide bonds. The van der Waals surface area contributed by atoms with Crippen LogP contribution in [0.4, 0.5) is 0 Å². The highest BCUT2D eigenvalue weighted by atomic mass is 28.3. The van der Waals surface area contributed by atoms with E-state index in [4.69, 9.17) is 4.74 Å². The fourth-order valence-corrected chi connectivity index (χ4v) is 15.7. The zero-order valence-corrected chi connectivity index (χ0v) is 24.9. The van der Waals surface area contributed by atoms with Crippen LogP contribution in [0.1, 0.15) is 105 Å². The lowest BCUT2D eigenvalue weighted by Crippen LogP contribution is -2.58. The van der Waals surface area contributed by atoms with Gasteiger partial charge in [0.15, 0.2) is 0 Å². The Labute approximate surface area is 219 Å². The highest BCUT2D eigenvalue weighted by Crippen LogP contribution is 2.56. The van der Waals surface area contributed by atoms with Crippen LogP contribution in [0.15, 0.2) is 36.4 Å². The number of hydrogen-bond acceptors (Lipinski definition) is 1. The Hall–Kier alpha value is -0.863. The van der Waals surface area contributed by atoms with E-state index in [9.17, 15) is 0 Å². The fourth-order valence-electron chi connectivity index (χ4n) is 8.56. The third kappa shape index (κ3) is 6.35. The Morgan fingerprint density at radius 1 is 0.829 bits per heavy atom. The van der Waals surface area contributed by atoms with Crippen molar-refractivity contribution < 1.29 is 4.74 Å². The van der Waals surface area contributed by atoms with Crippen LogP contribution in [-0.4, -0.2) is 20.6 Å². The van der Waals surface area contributed by atoms with Gasteiger partial charge >= 0.3 is 0 Å². The number of hydrogen-bond donors (Lipinski definition) is 0. The van der Waals surface area contributed by atoms with E-state index in [0.717, 1.165) is 53.2 Å². The van der Waals surface area contributed by atoms with Crippen LogP contribution in [0.3, 0.4) is 0 Å². The van der Waals surface area contributed by atoms with Crippen molar-refractivity contribution in [3.63, 3.8) is 0 Å². The van der Waals surface area contributed by atoms with Crippen molar-refractivity contribution in [2.24, 2.45) is 35.5 Å². The summed E-state index contributed by atoms with van der Waals surface area (Å²) in [6, 6.07) is 11.0. The van der Waals surface area contributed by atoms with Gasteiger partial charge in [0.05, 0.1) is 14.0 Å². The van der Waals surface area contributed by atoms with Gasteiger partial charge < -0.3 is 4.74 Å². The quantitative estimate of drug-likeness (QED) is 0.343. The van der Waals surface area contributed by atoms with Gasteiger partial charge in [0.25, 0.3) is 0 Å². The molecular weight excluding hydrogens is 440 g/mol. The van der Waals surface area contributed by atoms with Gasteiger partial charge in [-0.25, -0.2) is 0 Å². The Balaban J connectivity index is 1.82. The summed E-state index contributed by atoms with van der Waals surface area (Å²) < 4.78 is 7.16. The lowest BCUT2D eigenvalue weighted by atomic mass is 9.76. The summed E-state index contributed by atoms with van der Waals surface area (Å²) in [4.78, 5) is 0. The average molecular weight is 495 g/mol. The van der Waals surface area contributed by atoms with E-state index in [0.29, 0.717) is 0 Å². The van der Waals surface area contributed by atoms with Crippen LogP contribution < -0.4 is 0 Å². The summed E-state index contributed by atoms with van der Waals surface area (Å²) in [6.07, 6.45) is 17.6. The van der Waals surface area contributed by atoms with E-state index in [2.05, 4.69) is 84.0 Å². The molecule has 1 nitrogen and oxygen atoms in total. The number of rotatable bonds is 7. The molecule has 1 heterocycles. The smallest absolute Gasteiger partial charge is 0.0872 e. The van der Waals surface area contributed by atoms with Gasteiger partial charge in [-0.3, -0.25) is 0 Å². The Kier molecular flexibility index (Phi) is 9.41. The van der Waals surface area contributed by atoms with Crippen LogP contribution in [0.25, 0.3) is 6.08 Å². The molecule has 4 rings (SSSR count).